The lowest BCUT2D eigenvalue weighted by Gasteiger charge is -2.23. The Morgan fingerprint density at radius 2 is 2.33 bits per heavy atom. The topological polar surface area (TPSA) is 58.2 Å². The molecule has 1 amide bonds. The van der Waals surface area contributed by atoms with Gasteiger partial charge in [0.05, 0.1) is 17.9 Å². The van der Waals surface area contributed by atoms with Crippen LogP contribution in [0.4, 0.5) is 0 Å². The summed E-state index contributed by atoms with van der Waals surface area (Å²) >= 11 is 0. The van der Waals surface area contributed by atoms with Gasteiger partial charge in [0.25, 0.3) is 5.91 Å². The lowest BCUT2D eigenvalue weighted by molar-refractivity contribution is 0.0729. The minimum absolute atomic E-state index is 0.0770. The molecule has 1 fully saturated rings. The van der Waals surface area contributed by atoms with Crippen molar-refractivity contribution < 1.29 is 9.53 Å². The second-order valence-corrected chi connectivity index (χ2v) is 4.88. The van der Waals surface area contributed by atoms with Gasteiger partial charge >= 0.3 is 0 Å². The van der Waals surface area contributed by atoms with Crippen molar-refractivity contribution in [2.45, 2.75) is 27.2 Å². The summed E-state index contributed by atoms with van der Waals surface area (Å²) < 4.78 is 5.36. The molecule has 1 aromatic heterocycles. The van der Waals surface area contributed by atoms with Gasteiger partial charge in [0, 0.05) is 31.3 Å². The van der Waals surface area contributed by atoms with Crippen LogP contribution in [0.25, 0.3) is 0 Å². The van der Waals surface area contributed by atoms with Crippen molar-refractivity contribution in [3.63, 3.8) is 0 Å². The van der Waals surface area contributed by atoms with E-state index in [0.717, 1.165) is 49.7 Å². The van der Waals surface area contributed by atoms with Crippen LogP contribution in [0.1, 0.15) is 35.1 Å². The molecule has 2 rings (SSSR count). The first-order valence-corrected chi connectivity index (χ1v) is 6.52. The summed E-state index contributed by atoms with van der Waals surface area (Å²) in [5.41, 5.74) is 2.34. The molecular weight excluding hydrogens is 230 g/mol. The van der Waals surface area contributed by atoms with Crippen molar-refractivity contribution in [1.29, 1.82) is 0 Å². The fourth-order valence-corrected chi connectivity index (χ4v) is 2.42. The molecular formula is C13H21N3O2. The molecule has 0 aliphatic carbocycles. The molecule has 0 bridgehead atoms. The zero-order valence-electron chi connectivity index (χ0n) is 11.3. The van der Waals surface area contributed by atoms with E-state index in [1.165, 1.54) is 0 Å². The van der Waals surface area contributed by atoms with Gasteiger partial charge in [-0.05, 0) is 27.2 Å². The van der Waals surface area contributed by atoms with Gasteiger partial charge in [0.2, 0.25) is 0 Å². The van der Waals surface area contributed by atoms with E-state index in [1.54, 1.807) is 0 Å². The fourth-order valence-electron chi connectivity index (χ4n) is 2.42. The number of amides is 1. The van der Waals surface area contributed by atoms with E-state index in [9.17, 15) is 4.79 Å². The van der Waals surface area contributed by atoms with Gasteiger partial charge in [-0.25, -0.2) is 0 Å². The van der Waals surface area contributed by atoms with Crippen LogP contribution in [0.15, 0.2) is 0 Å². The van der Waals surface area contributed by atoms with Gasteiger partial charge < -0.3 is 9.64 Å². The second kappa shape index (κ2) is 5.52. The van der Waals surface area contributed by atoms with Gasteiger partial charge in [0.1, 0.15) is 0 Å². The number of hydrogen-bond acceptors (Lipinski definition) is 3. The van der Waals surface area contributed by atoms with Crippen LogP contribution >= 0.6 is 0 Å². The first-order chi connectivity index (χ1) is 8.63. The van der Waals surface area contributed by atoms with Crippen molar-refractivity contribution in [3.8, 4) is 0 Å². The van der Waals surface area contributed by atoms with E-state index in [4.69, 9.17) is 4.74 Å². The van der Waals surface area contributed by atoms with Crippen molar-refractivity contribution in [2.24, 2.45) is 5.92 Å². The summed E-state index contributed by atoms with van der Waals surface area (Å²) in [5.74, 6) is 0.551. The number of nitrogens with zero attached hydrogens (tertiary/aromatic N) is 2. The summed E-state index contributed by atoms with van der Waals surface area (Å²) in [6.07, 6.45) is 1.05. The Balaban J connectivity index is 2.09. The molecule has 100 valence electrons. The van der Waals surface area contributed by atoms with E-state index in [0.29, 0.717) is 5.92 Å². The predicted molar refractivity (Wildman–Crippen MR) is 68.6 cm³/mol. The highest BCUT2D eigenvalue weighted by Crippen LogP contribution is 2.17. The van der Waals surface area contributed by atoms with Crippen LogP contribution in [0.2, 0.25) is 0 Å². The maximum Gasteiger partial charge on any atom is 0.257 e. The maximum atomic E-state index is 12.5. The molecule has 1 atom stereocenters. The molecule has 2 heterocycles. The largest absolute Gasteiger partial charge is 0.381 e. The number of H-pyrrole nitrogens is 1. The molecule has 0 aromatic carbocycles. The molecule has 1 unspecified atom stereocenters. The predicted octanol–water partition coefficient (Wildman–Crippen LogP) is 1.53. The number of nitrogens with one attached hydrogen (secondary N) is 1. The van der Waals surface area contributed by atoms with E-state index in [2.05, 4.69) is 10.2 Å². The number of carbonyl (C=O) groups is 1. The maximum absolute atomic E-state index is 12.5. The van der Waals surface area contributed by atoms with E-state index in [-0.39, 0.29) is 5.91 Å². The molecule has 5 nitrogen and oxygen atoms in total. The van der Waals surface area contributed by atoms with Crippen molar-refractivity contribution in [3.05, 3.63) is 17.0 Å². The number of rotatable bonds is 4. The standard InChI is InChI=1S/C13H21N3O2/c1-4-16(7-11-5-6-18-8-11)13(17)12-9(2)14-15-10(12)3/h11H,4-8H2,1-3H3,(H,14,15). The van der Waals surface area contributed by atoms with E-state index < -0.39 is 0 Å². The lowest BCUT2D eigenvalue weighted by Crippen LogP contribution is -2.36. The molecule has 0 saturated carbocycles. The molecule has 18 heavy (non-hydrogen) atoms. The van der Waals surface area contributed by atoms with Crippen LogP contribution in [0.5, 0.6) is 0 Å². The molecule has 1 saturated heterocycles. The zero-order chi connectivity index (χ0) is 13.1. The van der Waals surface area contributed by atoms with Crippen LogP contribution < -0.4 is 0 Å². The van der Waals surface area contributed by atoms with E-state index >= 15 is 0 Å². The lowest BCUT2D eigenvalue weighted by atomic mass is 10.1. The van der Waals surface area contributed by atoms with Crippen LogP contribution in [0, 0.1) is 19.8 Å². The van der Waals surface area contributed by atoms with Crippen LogP contribution in [-0.2, 0) is 4.74 Å². The molecule has 5 heteroatoms. The summed E-state index contributed by atoms with van der Waals surface area (Å²) in [6.45, 7) is 8.85. The number of aromatic nitrogens is 2. The number of aryl methyl sites for hydroxylation is 2. The highest BCUT2D eigenvalue weighted by atomic mass is 16.5. The minimum Gasteiger partial charge on any atom is -0.381 e. The molecule has 1 N–H and O–H groups in total. The van der Waals surface area contributed by atoms with Gasteiger partial charge in [-0.1, -0.05) is 0 Å². The average molecular weight is 251 g/mol. The Morgan fingerprint density at radius 1 is 1.56 bits per heavy atom. The summed E-state index contributed by atoms with van der Waals surface area (Å²) in [6, 6.07) is 0. The van der Waals surface area contributed by atoms with Gasteiger partial charge in [0.15, 0.2) is 0 Å². The first-order valence-electron chi connectivity index (χ1n) is 6.52. The first kappa shape index (κ1) is 13.1. The van der Waals surface area contributed by atoms with Crippen molar-refractivity contribution in [1.82, 2.24) is 15.1 Å². The number of carbonyl (C=O) groups excluding carboxylic acids is 1. The summed E-state index contributed by atoms with van der Waals surface area (Å²) in [5, 5.41) is 6.96. The number of ether oxygens (including phenoxy) is 1. The third-order valence-corrected chi connectivity index (χ3v) is 3.51. The Labute approximate surface area is 108 Å². The third-order valence-electron chi connectivity index (χ3n) is 3.51. The highest BCUT2D eigenvalue weighted by molar-refractivity contribution is 5.96. The van der Waals surface area contributed by atoms with Crippen LogP contribution in [-0.4, -0.2) is 47.3 Å². The molecule has 0 spiro atoms. The summed E-state index contributed by atoms with van der Waals surface area (Å²) in [4.78, 5) is 14.4. The SMILES string of the molecule is CCN(CC1CCOC1)C(=O)c1c(C)n[nH]c1C. The molecule has 0 radical (unpaired) electrons. The molecule has 1 aliphatic rings. The Hall–Kier alpha value is -1.36. The molecule has 1 aliphatic heterocycles. The van der Waals surface area contributed by atoms with Gasteiger partial charge in [-0.3, -0.25) is 9.89 Å². The van der Waals surface area contributed by atoms with E-state index in [1.807, 2.05) is 25.7 Å². The van der Waals surface area contributed by atoms with Gasteiger partial charge in [-0.15, -0.1) is 0 Å². The fraction of sp³-hybridized carbons (Fsp3) is 0.692. The average Bonchev–Trinajstić information content (AvgIpc) is 2.96. The Bertz CT molecular complexity index is 402. The third kappa shape index (κ3) is 2.56. The second-order valence-electron chi connectivity index (χ2n) is 4.88. The smallest absolute Gasteiger partial charge is 0.257 e. The normalized spacial score (nSPS) is 19.2. The van der Waals surface area contributed by atoms with Crippen molar-refractivity contribution in [2.75, 3.05) is 26.3 Å². The Morgan fingerprint density at radius 3 is 2.83 bits per heavy atom. The summed E-state index contributed by atoms with van der Waals surface area (Å²) in [7, 11) is 0. The minimum atomic E-state index is 0.0770. The number of aromatic amines is 1. The van der Waals surface area contributed by atoms with Crippen molar-refractivity contribution >= 4 is 5.91 Å². The van der Waals surface area contributed by atoms with Gasteiger partial charge in [-0.2, -0.15) is 5.10 Å². The quantitative estimate of drug-likeness (QED) is 0.882. The Kier molecular flexibility index (Phi) is 4.01. The molecule has 1 aromatic rings. The highest BCUT2D eigenvalue weighted by Gasteiger charge is 2.25. The zero-order valence-corrected chi connectivity index (χ0v) is 11.3. The monoisotopic (exact) mass is 251 g/mol. The number of hydrogen-bond donors (Lipinski definition) is 1. The van der Waals surface area contributed by atoms with Crippen LogP contribution in [0.3, 0.4) is 0 Å².